The quantitative estimate of drug-likeness (QED) is 0.688. The van der Waals surface area contributed by atoms with Gasteiger partial charge >= 0.3 is 5.97 Å². The lowest BCUT2D eigenvalue weighted by atomic mass is 9.97. The van der Waals surface area contributed by atoms with Crippen molar-refractivity contribution in [3.8, 4) is 0 Å². The van der Waals surface area contributed by atoms with Crippen molar-refractivity contribution >= 4 is 5.97 Å². The van der Waals surface area contributed by atoms with Gasteiger partial charge < -0.3 is 4.74 Å². The van der Waals surface area contributed by atoms with E-state index in [1.54, 1.807) is 0 Å². The van der Waals surface area contributed by atoms with Crippen LogP contribution in [0.15, 0.2) is 30.3 Å². The number of ether oxygens (including phenoxy) is 1. The van der Waals surface area contributed by atoms with Crippen LogP contribution in [0.1, 0.15) is 32.3 Å². The van der Waals surface area contributed by atoms with Gasteiger partial charge in [0.15, 0.2) is 0 Å². The van der Waals surface area contributed by atoms with E-state index in [2.05, 4.69) is 12.1 Å². The third kappa shape index (κ3) is 4.05. The van der Waals surface area contributed by atoms with Gasteiger partial charge in [-0.1, -0.05) is 37.3 Å². The molecule has 0 aromatic heterocycles. The average molecular weight is 220 g/mol. The first-order valence-corrected chi connectivity index (χ1v) is 5.98. The summed E-state index contributed by atoms with van der Waals surface area (Å²) in [7, 11) is 0. The van der Waals surface area contributed by atoms with Crippen LogP contribution in [0.25, 0.3) is 0 Å². The van der Waals surface area contributed by atoms with E-state index >= 15 is 0 Å². The average Bonchev–Trinajstić information content (AvgIpc) is 2.31. The van der Waals surface area contributed by atoms with Crippen LogP contribution in [0.2, 0.25) is 0 Å². The lowest BCUT2D eigenvalue weighted by Crippen LogP contribution is -2.17. The molecule has 0 saturated carbocycles. The number of hydrogen-bond donors (Lipinski definition) is 0. The zero-order valence-corrected chi connectivity index (χ0v) is 10.1. The summed E-state index contributed by atoms with van der Waals surface area (Å²) in [5, 5.41) is 0. The number of aryl methyl sites for hydroxylation is 1. The smallest absolute Gasteiger partial charge is 0.308 e. The van der Waals surface area contributed by atoms with Crippen molar-refractivity contribution in [3.05, 3.63) is 35.9 Å². The van der Waals surface area contributed by atoms with Crippen LogP contribution in [0.4, 0.5) is 0 Å². The lowest BCUT2D eigenvalue weighted by molar-refractivity contribution is -0.148. The summed E-state index contributed by atoms with van der Waals surface area (Å²) in [4.78, 5) is 11.6. The summed E-state index contributed by atoms with van der Waals surface area (Å²) in [6.45, 7) is 4.36. The Hall–Kier alpha value is -1.31. The normalized spacial score (nSPS) is 12.1. The van der Waals surface area contributed by atoms with Crippen LogP contribution in [-0.4, -0.2) is 12.6 Å². The fraction of sp³-hybridized carbons (Fsp3) is 0.500. The minimum atomic E-state index is -0.0547. The number of esters is 1. The van der Waals surface area contributed by atoms with Gasteiger partial charge in [-0.2, -0.15) is 0 Å². The van der Waals surface area contributed by atoms with Crippen LogP contribution in [0.5, 0.6) is 0 Å². The van der Waals surface area contributed by atoms with Gasteiger partial charge in [0.25, 0.3) is 0 Å². The first kappa shape index (κ1) is 12.8. The van der Waals surface area contributed by atoms with E-state index < -0.39 is 0 Å². The fourth-order valence-electron chi connectivity index (χ4n) is 1.73. The highest BCUT2D eigenvalue weighted by Gasteiger charge is 2.16. The van der Waals surface area contributed by atoms with Gasteiger partial charge in [-0.25, -0.2) is 0 Å². The molecule has 0 aliphatic rings. The van der Waals surface area contributed by atoms with E-state index in [0.717, 1.165) is 19.3 Å². The van der Waals surface area contributed by atoms with Gasteiger partial charge in [-0.05, 0) is 31.7 Å². The topological polar surface area (TPSA) is 26.3 Å². The maximum absolute atomic E-state index is 11.6. The van der Waals surface area contributed by atoms with Gasteiger partial charge in [0.2, 0.25) is 0 Å². The fourth-order valence-corrected chi connectivity index (χ4v) is 1.73. The number of carbonyl (C=O) groups is 1. The lowest BCUT2D eigenvalue weighted by Gasteiger charge is -2.13. The molecule has 1 atom stereocenters. The van der Waals surface area contributed by atoms with Gasteiger partial charge in [-0.15, -0.1) is 0 Å². The molecular formula is C14H20O2. The predicted octanol–water partition coefficient (Wildman–Crippen LogP) is 3.21. The highest BCUT2D eigenvalue weighted by Crippen LogP contribution is 2.14. The summed E-state index contributed by atoms with van der Waals surface area (Å²) in [5.74, 6) is -0.0129. The molecule has 88 valence electrons. The summed E-state index contributed by atoms with van der Waals surface area (Å²) in [6, 6.07) is 10.3. The third-order valence-electron chi connectivity index (χ3n) is 2.74. The molecule has 1 rings (SSSR count). The second-order valence-electron chi connectivity index (χ2n) is 3.88. The minimum absolute atomic E-state index is 0.0418. The number of hydrogen-bond acceptors (Lipinski definition) is 2. The van der Waals surface area contributed by atoms with Gasteiger partial charge in [0.05, 0.1) is 12.5 Å². The molecule has 0 aliphatic heterocycles. The molecule has 0 radical (unpaired) electrons. The molecule has 16 heavy (non-hydrogen) atoms. The van der Waals surface area contributed by atoms with E-state index in [1.165, 1.54) is 5.56 Å². The Morgan fingerprint density at radius 3 is 2.50 bits per heavy atom. The molecule has 0 spiro atoms. The second kappa shape index (κ2) is 7.04. The Labute approximate surface area is 97.6 Å². The highest BCUT2D eigenvalue weighted by molar-refractivity contribution is 5.72. The highest BCUT2D eigenvalue weighted by atomic mass is 16.5. The SMILES string of the molecule is CCOC(=O)C(CC)CCc1ccccc1. The van der Waals surface area contributed by atoms with E-state index in [1.807, 2.05) is 32.0 Å². The van der Waals surface area contributed by atoms with Crippen LogP contribution in [0, 0.1) is 5.92 Å². The molecule has 1 unspecified atom stereocenters. The van der Waals surface area contributed by atoms with E-state index in [4.69, 9.17) is 4.74 Å². The number of carbonyl (C=O) groups excluding carboxylic acids is 1. The van der Waals surface area contributed by atoms with Crippen LogP contribution >= 0.6 is 0 Å². The Kier molecular flexibility index (Phi) is 5.62. The summed E-state index contributed by atoms with van der Waals surface area (Å²) < 4.78 is 5.04. The molecule has 0 amide bonds. The van der Waals surface area contributed by atoms with Gasteiger partial charge in [0.1, 0.15) is 0 Å². The minimum Gasteiger partial charge on any atom is -0.466 e. The zero-order valence-electron chi connectivity index (χ0n) is 10.1. The standard InChI is InChI=1S/C14H20O2/c1-3-13(14(15)16-4-2)11-10-12-8-6-5-7-9-12/h5-9,13H,3-4,10-11H2,1-2H3. The molecule has 1 aromatic rings. The Bertz CT molecular complexity index is 306. The van der Waals surface area contributed by atoms with Crippen molar-refractivity contribution in [2.75, 3.05) is 6.61 Å². The van der Waals surface area contributed by atoms with Crippen LogP contribution in [-0.2, 0) is 16.0 Å². The zero-order chi connectivity index (χ0) is 11.8. The monoisotopic (exact) mass is 220 g/mol. The Morgan fingerprint density at radius 2 is 1.94 bits per heavy atom. The molecule has 2 nitrogen and oxygen atoms in total. The van der Waals surface area contributed by atoms with Crippen molar-refractivity contribution in [3.63, 3.8) is 0 Å². The van der Waals surface area contributed by atoms with E-state index in [9.17, 15) is 4.79 Å². The molecule has 0 aliphatic carbocycles. The molecule has 0 N–H and O–H groups in total. The van der Waals surface area contributed by atoms with E-state index in [0.29, 0.717) is 6.61 Å². The maximum atomic E-state index is 11.6. The molecule has 0 saturated heterocycles. The summed E-state index contributed by atoms with van der Waals surface area (Å²) in [6.07, 6.45) is 2.67. The Balaban J connectivity index is 2.43. The summed E-state index contributed by atoms with van der Waals surface area (Å²) >= 11 is 0. The molecule has 0 heterocycles. The van der Waals surface area contributed by atoms with Gasteiger partial charge in [0, 0.05) is 0 Å². The van der Waals surface area contributed by atoms with Crippen LogP contribution in [0.3, 0.4) is 0 Å². The largest absolute Gasteiger partial charge is 0.466 e. The van der Waals surface area contributed by atoms with Crippen molar-refractivity contribution in [1.29, 1.82) is 0 Å². The van der Waals surface area contributed by atoms with Crippen molar-refractivity contribution in [1.82, 2.24) is 0 Å². The number of rotatable bonds is 6. The third-order valence-corrected chi connectivity index (χ3v) is 2.74. The van der Waals surface area contributed by atoms with Crippen molar-refractivity contribution in [2.24, 2.45) is 5.92 Å². The second-order valence-corrected chi connectivity index (χ2v) is 3.88. The molecule has 0 bridgehead atoms. The summed E-state index contributed by atoms with van der Waals surface area (Å²) in [5.41, 5.74) is 1.28. The molecular weight excluding hydrogens is 200 g/mol. The van der Waals surface area contributed by atoms with Gasteiger partial charge in [-0.3, -0.25) is 4.79 Å². The molecule has 2 heteroatoms. The van der Waals surface area contributed by atoms with E-state index in [-0.39, 0.29) is 11.9 Å². The first-order valence-electron chi connectivity index (χ1n) is 5.98. The first-order chi connectivity index (χ1) is 7.77. The van der Waals surface area contributed by atoms with Crippen LogP contribution < -0.4 is 0 Å². The maximum Gasteiger partial charge on any atom is 0.308 e. The van der Waals surface area contributed by atoms with Crippen molar-refractivity contribution in [2.45, 2.75) is 33.1 Å². The molecule has 1 aromatic carbocycles. The predicted molar refractivity (Wildman–Crippen MR) is 65.2 cm³/mol. The number of benzene rings is 1. The van der Waals surface area contributed by atoms with Crippen molar-refractivity contribution < 1.29 is 9.53 Å². The molecule has 0 fully saturated rings. The Morgan fingerprint density at radius 1 is 1.25 bits per heavy atom.